The molecule has 1 nitrogen and oxygen atoms in total. The van der Waals surface area contributed by atoms with Crippen LogP contribution in [0.3, 0.4) is 0 Å². The van der Waals surface area contributed by atoms with E-state index in [4.69, 9.17) is 0 Å². The maximum atomic E-state index is 14.3. The second-order valence-corrected chi connectivity index (χ2v) is 6.46. The Morgan fingerprint density at radius 2 is 2.10 bits per heavy atom. The number of fused-ring (bicyclic) bond motifs is 1. The van der Waals surface area contributed by atoms with Crippen LogP contribution in [-0.2, 0) is 6.42 Å². The molecule has 0 heterocycles. The summed E-state index contributed by atoms with van der Waals surface area (Å²) in [5.74, 6) is 0.207. The Morgan fingerprint density at radius 1 is 1.29 bits per heavy atom. The first kappa shape index (κ1) is 14.7. The number of hydrogen-bond donors (Lipinski definition) is 1. The lowest BCUT2D eigenvalue weighted by molar-refractivity contribution is 0.434. The molecule has 0 fully saturated rings. The van der Waals surface area contributed by atoms with Gasteiger partial charge in [-0.15, -0.1) is 0 Å². The van der Waals surface area contributed by atoms with Gasteiger partial charge in [-0.3, -0.25) is 0 Å². The Hall–Kier alpha value is -1.19. The van der Waals surface area contributed by atoms with Crippen LogP contribution in [0.25, 0.3) is 0 Å². The summed E-state index contributed by atoms with van der Waals surface area (Å²) in [6.45, 7) is 2.90. The van der Waals surface area contributed by atoms with E-state index in [9.17, 15) is 4.39 Å². The van der Waals surface area contributed by atoms with Crippen molar-refractivity contribution >= 4 is 15.9 Å². The third-order valence-corrected chi connectivity index (χ3v) is 4.79. The molecule has 1 N–H and O–H groups in total. The molecule has 3 heteroatoms. The fourth-order valence-electron chi connectivity index (χ4n) is 3.38. The Balaban J connectivity index is 2.01. The highest BCUT2D eigenvalue weighted by Crippen LogP contribution is 2.42. The summed E-state index contributed by atoms with van der Waals surface area (Å²) in [5.41, 5.74) is 3.52. The van der Waals surface area contributed by atoms with Crippen molar-refractivity contribution in [1.29, 1.82) is 0 Å². The summed E-state index contributed by atoms with van der Waals surface area (Å²) in [4.78, 5) is 0. The molecule has 0 aliphatic heterocycles. The van der Waals surface area contributed by atoms with Crippen LogP contribution in [-0.4, -0.2) is 6.54 Å². The van der Waals surface area contributed by atoms with Crippen molar-refractivity contribution in [2.24, 2.45) is 0 Å². The number of aryl methyl sites for hydroxylation is 1. The second-order valence-electron chi connectivity index (χ2n) is 5.55. The van der Waals surface area contributed by atoms with Crippen molar-refractivity contribution in [2.45, 2.75) is 31.7 Å². The molecule has 2 aromatic carbocycles. The summed E-state index contributed by atoms with van der Waals surface area (Å²) in [6.07, 6.45) is 2.15. The molecule has 1 aliphatic carbocycles. The van der Waals surface area contributed by atoms with Crippen molar-refractivity contribution in [3.05, 3.63) is 69.4 Å². The first-order valence-electron chi connectivity index (χ1n) is 7.47. The molecule has 0 aromatic heterocycles. The van der Waals surface area contributed by atoms with E-state index in [0.717, 1.165) is 29.4 Å². The third kappa shape index (κ3) is 2.90. The predicted octanol–water partition coefficient (Wildman–Crippen LogP) is 4.97. The number of nitrogens with one attached hydrogen (secondary N) is 1. The highest BCUT2D eigenvalue weighted by atomic mass is 79.9. The van der Waals surface area contributed by atoms with Gasteiger partial charge in [0.25, 0.3) is 0 Å². The summed E-state index contributed by atoms with van der Waals surface area (Å²) in [5, 5.41) is 3.49. The second kappa shape index (κ2) is 6.29. The Morgan fingerprint density at radius 3 is 2.90 bits per heavy atom. The van der Waals surface area contributed by atoms with Crippen molar-refractivity contribution in [1.82, 2.24) is 5.32 Å². The Labute approximate surface area is 133 Å². The lowest BCUT2D eigenvalue weighted by Gasteiger charge is -2.26. The van der Waals surface area contributed by atoms with Crippen LogP contribution in [0, 0.1) is 5.82 Å². The average molecular weight is 348 g/mol. The molecule has 0 amide bonds. The van der Waals surface area contributed by atoms with Gasteiger partial charge in [-0.2, -0.15) is 0 Å². The van der Waals surface area contributed by atoms with Crippen LogP contribution in [0.5, 0.6) is 0 Å². The molecule has 0 radical (unpaired) electrons. The summed E-state index contributed by atoms with van der Waals surface area (Å²) in [7, 11) is 0. The van der Waals surface area contributed by atoms with Gasteiger partial charge in [0.1, 0.15) is 5.82 Å². The lowest BCUT2D eigenvalue weighted by Crippen LogP contribution is -2.27. The first-order chi connectivity index (χ1) is 10.2. The maximum absolute atomic E-state index is 14.3. The molecule has 2 aromatic rings. The van der Waals surface area contributed by atoms with E-state index < -0.39 is 0 Å². The van der Waals surface area contributed by atoms with Crippen molar-refractivity contribution < 1.29 is 4.39 Å². The summed E-state index contributed by atoms with van der Waals surface area (Å²) >= 11 is 3.46. The normalized spacial score (nSPS) is 18.5. The quantitative estimate of drug-likeness (QED) is 0.823. The van der Waals surface area contributed by atoms with Gasteiger partial charge >= 0.3 is 0 Å². The van der Waals surface area contributed by atoms with Gasteiger partial charge in [0.15, 0.2) is 0 Å². The number of hydrogen-bond acceptors (Lipinski definition) is 1. The van der Waals surface area contributed by atoms with Gasteiger partial charge in [-0.1, -0.05) is 47.1 Å². The molecule has 0 saturated heterocycles. The highest BCUT2D eigenvalue weighted by Gasteiger charge is 2.31. The molecule has 0 saturated carbocycles. The molecule has 0 spiro atoms. The van der Waals surface area contributed by atoms with Crippen molar-refractivity contribution in [3.63, 3.8) is 0 Å². The minimum atomic E-state index is -0.131. The predicted molar refractivity (Wildman–Crippen MR) is 88.0 cm³/mol. The SMILES string of the molecule is CCNC(c1cc(Br)ccc1F)C1CCc2ccccc21. The van der Waals surface area contributed by atoms with Gasteiger partial charge in [0.05, 0.1) is 0 Å². The van der Waals surface area contributed by atoms with E-state index >= 15 is 0 Å². The molecule has 3 rings (SSSR count). The zero-order valence-electron chi connectivity index (χ0n) is 12.1. The monoisotopic (exact) mass is 347 g/mol. The van der Waals surface area contributed by atoms with E-state index in [2.05, 4.69) is 52.4 Å². The fourth-order valence-corrected chi connectivity index (χ4v) is 3.76. The minimum Gasteiger partial charge on any atom is -0.310 e. The molecule has 1 aliphatic rings. The summed E-state index contributed by atoms with van der Waals surface area (Å²) in [6, 6.07) is 13.8. The lowest BCUT2D eigenvalue weighted by atomic mass is 9.88. The van der Waals surface area contributed by atoms with Crippen molar-refractivity contribution in [2.75, 3.05) is 6.54 Å². The minimum absolute atomic E-state index is 0.0242. The maximum Gasteiger partial charge on any atom is 0.128 e. The number of benzene rings is 2. The van der Waals surface area contributed by atoms with Gasteiger partial charge in [-0.25, -0.2) is 4.39 Å². The molecule has 0 bridgehead atoms. The van der Waals surface area contributed by atoms with E-state index in [-0.39, 0.29) is 11.9 Å². The molecule has 2 unspecified atom stereocenters. The number of rotatable bonds is 4. The molecular formula is C18H19BrFN. The third-order valence-electron chi connectivity index (χ3n) is 4.30. The highest BCUT2D eigenvalue weighted by molar-refractivity contribution is 9.10. The van der Waals surface area contributed by atoms with Crippen LogP contribution < -0.4 is 5.32 Å². The van der Waals surface area contributed by atoms with Crippen LogP contribution in [0.2, 0.25) is 0 Å². The fraction of sp³-hybridized carbons (Fsp3) is 0.333. The number of likely N-dealkylation sites (N-methyl/N-ethyl adjacent to an activating group) is 1. The standard InChI is InChI=1S/C18H19BrFN/c1-2-21-18(16-11-13(19)8-10-17(16)20)15-9-7-12-5-3-4-6-14(12)15/h3-6,8,10-11,15,18,21H,2,7,9H2,1H3. The van der Waals surface area contributed by atoms with Crippen LogP contribution in [0.4, 0.5) is 4.39 Å². The van der Waals surface area contributed by atoms with Gasteiger partial charge in [0.2, 0.25) is 0 Å². The topological polar surface area (TPSA) is 12.0 Å². The van der Waals surface area contributed by atoms with E-state index in [1.807, 2.05) is 6.07 Å². The largest absolute Gasteiger partial charge is 0.310 e. The molecule has 110 valence electrons. The van der Waals surface area contributed by atoms with Gasteiger partial charge in [-0.05, 0) is 48.7 Å². The van der Waals surface area contributed by atoms with Gasteiger partial charge in [0, 0.05) is 22.0 Å². The zero-order chi connectivity index (χ0) is 14.8. The zero-order valence-corrected chi connectivity index (χ0v) is 13.7. The van der Waals surface area contributed by atoms with Crippen LogP contribution in [0.15, 0.2) is 46.9 Å². The number of halogens is 2. The molecular weight excluding hydrogens is 329 g/mol. The van der Waals surface area contributed by atoms with Crippen LogP contribution in [0.1, 0.15) is 42.0 Å². The Bertz CT molecular complexity index is 641. The van der Waals surface area contributed by atoms with Crippen LogP contribution >= 0.6 is 15.9 Å². The first-order valence-corrected chi connectivity index (χ1v) is 8.26. The summed E-state index contributed by atoms with van der Waals surface area (Å²) < 4.78 is 15.2. The van der Waals surface area contributed by atoms with Gasteiger partial charge < -0.3 is 5.32 Å². The molecule has 21 heavy (non-hydrogen) atoms. The van der Waals surface area contributed by atoms with E-state index in [1.54, 1.807) is 12.1 Å². The van der Waals surface area contributed by atoms with E-state index in [0.29, 0.717) is 5.92 Å². The smallest absolute Gasteiger partial charge is 0.128 e. The Kier molecular flexibility index (Phi) is 4.41. The van der Waals surface area contributed by atoms with E-state index in [1.165, 1.54) is 11.1 Å². The average Bonchev–Trinajstić information content (AvgIpc) is 2.91. The van der Waals surface area contributed by atoms with Crippen molar-refractivity contribution in [3.8, 4) is 0 Å². The molecule has 2 atom stereocenters.